The molecule has 1 fully saturated rings. The lowest BCUT2D eigenvalue weighted by molar-refractivity contribution is 0.0717. The monoisotopic (exact) mass is 237 g/mol. The van der Waals surface area contributed by atoms with Gasteiger partial charge in [-0.1, -0.05) is 12.1 Å². The first kappa shape index (κ1) is 11.9. The zero-order valence-electron chi connectivity index (χ0n) is 9.69. The highest BCUT2D eigenvalue weighted by Crippen LogP contribution is 2.21. The molecule has 2 rings (SSSR count). The highest BCUT2D eigenvalue weighted by Gasteiger charge is 2.20. The van der Waals surface area contributed by atoms with Crippen LogP contribution in [0, 0.1) is 0 Å². The molecule has 1 aromatic carbocycles. The Morgan fingerprint density at radius 2 is 1.94 bits per heavy atom. The minimum absolute atomic E-state index is 0.0613. The number of rotatable bonds is 3. The zero-order valence-corrected chi connectivity index (χ0v) is 9.69. The van der Waals surface area contributed by atoms with Crippen LogP contribution < -0.4 is 4.74 Å². The van der Waals surface area contributed by atoms with Gasteiger partial charge in [0.2, 0.25) is 6.86 Å². The van der Waals surface area contributed by atoms with Gasteiger partial charge in [0.25, 0.3) is 5.91 Å². The van der Waals surface area contributed by atoms with Crippen LogP contribution in [-0.2, 0) is 0 Å². The average molecular weight is 237 g/mol. The number of ether oxygens (including phenoxy) is 1. The number of likely N-dealkylation sites (tertiary alicyclic amines) is 1. The third-order valence-corrected chi connectivity index (χ3v) is 2.97. The van der Waals surface area contributed by atoms with Gasteiger partial charge in [0.05, 0.1) is 5.56 Å². The third kappa shape index (κ3) is 2.75. The fraction of sp³-hybridized carbons (Fsp3) is 0.462. The summed E-state index contributed by atoms with van der Waals surface area (Å²) in [5.74, 6) is 0.263. The summed E-state index contributed by atoms with van der Waals surface area (Å²) in [6.45, 7) is 0.649. The van der Waals surface area contributed by atoms with Crippen LogP contribution in [0.1, 0.15) is 29.6 Å². The number of hydrogen-bond acceptors (Lipinski definition) is 2. The first-order valence-corrected chi connectivity index (χ1v) is 5.90. The SMILES string of the molecule is O=C(c1ccccc1OCF)N1CCCCC1. The Bertz CT molecular complexity index is 389. The maximum atomic E-state index is 12.2. The molecule has 92 valence electrons. The van der Waals surface area contributed by atoms with Gasteiger partial charge in [0.15, 0.2) is 0 Å². The largest absolute Gasteiger partial charge is 0.462 e. The van der Waals surface area contributed by atoms with Gasteiger partial charge in [-0.05, 0) is 31.4 Å². The van der Waals surface area contributed by atoms with E-state index < -0.39 is 6.86 Å². The molecule has 1 saturated heterocycles. The fourth-order valence-electron chi connectivity index (χ4n) is 2.10. The van der Waals surface area contributed by atoms with E-state index in [1.54, 1.807) is 24.3 Å². The van der Waals surface area contributed by atoms with E-state index in [4.69, 9.17) is 4.74 Å². The van der Waals surface area contributed by atoms with E-state index in [2.05, 4.69) is 0 Å². The number of piperidine rings is 1. The number of amides is 1. The molecule has 1 aliphatic heterocycles. The molecule has 0 spiro atoms. The third-order valence-electron chi connectivity index (χ3n) is 2.97. The lowest BCUT2D eigenvalue weighted by Gasteiger charge is -2.27. The molecular weight excluding hydrogens is 221 g/mol. The quantitative estimate of drug-likeness (QED) is 0.808. The van der Waals surface area contributed by atoms with E-state index >= 15 is 0 Å². The van der Waals surface area contributed by atoms with Crippen molar-refractivity contribution in [3.8, 4) is 5.75 Å². The molecular formula is C13H16FNO2. The topological polar surface area (TPSA) is 29.5 Å². The van der Waals surface area contributed by atoms with E-state index in [-0.39, 0.29) is 5.91 Å². The predicted octanol–water partition coefficient (Wildman–Crippen LogP) is 2.62. The van der Waals surface area contributed by atoms with E-state index in [1.807, 2.05) is 4.90 Å². The molecule has 1 aromatic rings. The van der Waals surface area contributed by atoms with Crippen LogP contribution >= 0.6 is 0 Å². The second-order valence-electron chi connectivity index (χ2n) is 4.10. The van der Waals surface area contributed by atoms with Crippen molar-refractivity contribution >= 4 is 5.91 Å². The molecule has 0 radical (unpaired) electrons. The maximum absolute atomic E-state index is 12.2. The molecule has 0 N–H and O–H groups in total. The summed E-state index contributed by atoms with van der Waals surface area (Å²) < 4.78 is 17.1. The van der Waals surface area contributed by atoms with Gasteiger partial charge < -0.3 is 9.64 Å². The number of benzene rings is 1. The predicted molar refractivity (Wildman–Crippen MR) is 62.8 cm³/mol. The lowest BCUT2D eigenvalue weighted by Crippen LogP contribution is -2.35. The van der Waals surface area contributed by atoms with Gasteiger partial charge in [-0.25, -0.2) is 4.39 Å². The summed E-state index contributed by atoms with van der Waals surface area (Å²) in [5.41, 5.74) is 0.451. The number of hydrogen-bond donors (Lipinski definition) is 0. The Balaban J connectivity index is 2.17. The number of alkyl halides is 1. The van der Waals surface area contributed by atoms with Gasteiger partial charge >= 0.3 is 0 Å². The second-order valence-corrected chi connectivity index (χ2v) is 4.10. The van der Waals surface area contributed by atoms with Crippen LogP contribution in [0.5, 0.6) is 5.75 Å². The van der Waals surface area contributed by atoms with Crippen molar-refractivity contribution in [3.05, 3.63) is 29.8 Å². The Morgan fingerprint density at radius 3 is 2.65 bits per heavy atom. The number of carbonyl (C=O) groups is 1. The highest BCUT2D eigenvalue weighted by atomic mass is 19.1. The van der Waals surface area contributed by atoms with Crippen LogP contribution in [0.4, 0.5) is 4.39 Å². The molecule has 0 aromatic heterocycles. The minimum Gasteiger partial charge on any atom is -0.462 e. The smallest absolute Gasteiger partial charge is 0.257 e. The Kier molecular flexibility index (Phi) is 3.96. The second kappa shape index (κ2) is 5.66. The first-order chi connectivity index (χ1) is 8.33. The number of carbonyl (C=O) groups excluding carboxylic acids is 1. The molecule has 0 saturated carbocycles. The molecule has 1 aliphatic rings. The Labute approximate surface area is 100 Å². The molecule has 0 aliphatic carbocycles. The van der Waals surface area contributed by atoms with Crippen molar-refractivity contribution in [1.82, 2.24) is 4.90 Å². The van der Waals surface area contributed by atoms with E-state index in [0.717, 1.165) is 25.9 Å². The average Bonchev–Trinajstić information content (AvgIpc) is 2.40. The van der Waals surface area contributed by atoms with Gasteiger partial charge in [-0.3, -0.25) is 4.79 Å². The van der Waals surface area contributed by atoms with Gasteiger partial charge in [-0.2, -0.15) is 0 Å². The van der Waals surface area contributed by atoms with Crippen molar-refractivity contribution in [2.45, 2.75) is 19.3 Å². The molecule has 0 bridgehead atoms. The summed E-state index contributed by atoms with van der Waals surface area (Å²) in [4.78, 5) is 14.0. The Hall–Kier alpha value is -1.58. The molecule has 0 unspecified atom stereocenters. The number of nitrogens with zero attached hydrogens (tertiary/aromatic N) is 1. The van der Waals surface area contributed by atoms with Crippen molar-refractivity contribution < 1.29 is 13.9 Å². The van der Waals surface area contributed by atoms with E-state index in [1.165, 1.54) is 6.42 Å². The van der Waals surface area contributed by atoms with Crippen LogP contribution in [0.3, 0.4) is 0 Å². The summed E-state index contributed by atoms with van der Waals surface area (Å²) in [5, 5.41) is 0. The van der Waals surface area contributed by atoms with Crippen molar-refractivity contribution in [2.75, 3.05) is 20.0 Å². The number of halogens is 1. The first-order valence-electron chi connectivity index (χ1n) is 5.90. The van der Waals surface area contributed by atoms with Crippen LogP contribution in [0.25, 0.3) is 0 Å². The van der Waals surface area contributed by atoms with Crippen LogP contribution in [0.15, 0.2) is 24.3 Å². The molecule has 0 atom stereocenters. The molecule has 4 heteroatoms. The van der Waals surface area contributed by atoms with Crippen molar-refractivity contribution in [2.24, 2.45) is 0 Å². The van der Waals surface area contributed by atoms with Gasteiger partial charge in [-0.15, -0.1) is 0 Å². The normalized spacial score (nSPS) is 15.7. The molecule has 1 amide bonds. The lowest BCUT2D eigenvalue weighted by atomic mass is 10.1. The number of para-hydroxylation sites is 1. The van der Waals surface area contributed by atoms with Crippen molar-refractivity contribution in [1.29, 1.82) is 0 Å². The standard InChI is InChI=1S/C13H16FNO2/c14-10-17-12-7-3-2-6-11(12)13(16)15-8-4-1-5-9-15/h2-3,6-7H,1,4-5,8-10H2. The summed E-state index contributed by atoms with van der Waals surface area (Å²) in [6.07, 6.45) is 3.25. The van der Waals surface area contributed by atoms with Gasteiger partial charge in [0, 0.05) is 13.1 Å². The zero-order chi connectivity index (χ0) is 12.1. The fourth-order valence-corrected chi connectivity index (χ4v) is 2.10. The van der Waals surface area contributed by atoms with Crippen molar-refractivity contribution in [3.63, 3.8) is 0 Å². The Morgan fingerprint density at radius 1 is 1.24 bits per heavy atom. The maximum Gasteiger partial charge on any atom is 0.257 e. The summed E-state index contributed by atoms with van der Waals surface area (Å²) in [7, 11) is 0. The van der Waals surface area contributed by atoms with E-state index in [9.17, 15) is 9.18 Å². The van der Waals surface area contributed by atoms with Crippen LogP contribution in [0.2, 0.25) is 0 Å². The minimum atomic E-state index is -0.912. The molecule has 17 heavy (non-hydrogen) atoms. The summed E-state index contributed by atoms with van der Waals surface area (Å²) in [6, 6.07) is 6.80. The highest BCUT2D eigenvalue weighted by molar-refractivity contribution is 5.97. The molecule has 3 nitrogen and oxygen atoms in total. The van der Waals surface area contributed by atoms with Crippen LogP contribution in [-0.4, -0.2) is 30.8 Å². The summed E-state index contributed by atoms with van der Waals surface area (Å²) >= 11 is 0. The van der Waals surface area contributed by atoms with E-state index in [0.29, 0.717) is 11.3 Å². The molecule has 1 heterocycles. The van der Waals surface area contributed by atoms with Gasteiger partial charge in [0.1, 0.15) is 5.75 Å².